The van der Waals surface area contributed by atoms with E-state index in [4.69, 9.17) is 5.11 Å². The smallest absolute Gasteiger partial charge is 0.329 e. The third-order valence-electron chi connectivity index (χ3n) is 1.95. The summed E-state index contributed by atoms with van der Waals surface area (Å²) in [4.78, 5) is 21.4. The molecule has 0 heterocycles. The number of hydrogen-bond acceptors (Lipinski definition) is 4. The van der Waals surface area contributed by atoms with Crippen LogP contribution in [0.4, 0.5) is 5.69 Å². The number of carboxylic acid groups (broad SMARTS) is 1. The lowest BCUT2D eigenvalue weighted by molar-refractivity contribution is -0.143. The van der Waals surface area contributed by atoms with Crippen LogP contribution in [0.3, 0.4) is 0 Å². The van der Waals surface area contributed by atoms with Crippen LogP contribution in [0.1, 0.15) is 5.56 Å². The topological polar surface area (TPSA) is 95.9 Å². The summed E-state index contributed by atoms with van der Waals surface area (Å²) in [7, 11) is 0. The normalized spacial score (nSPS) is 9.94. The first kappa shape index (κ1) is 13.0. The number of aromatic hydroxyl groups is 1. The average molecular weight is 239 g/mol. The summed E-state index contributed by atoms with van der Waals surface area (Å²) in [6.07, 6.45) is 0. The van der Waals surface area contributed by atoms with E-state index in [2.05, 4.69) is 10.1 Å². The van der Waals surface area contributed by atoms with Gasteiger partial charge in [-0.25, -0.2) is 4.79 Å². The molecule has 3 N–H and O–H groups in total. The van der Waals surface area contributed by atoms with Gasteiger partial charge in [0.2, 0.25) is 5.91 Å². The fourth-order valence-electron chi connectivity index (χ4n) is 1.12. The largest absolute Gasteiger partial charge is 0.508 e. The Morgan fingerprint density at radius 1 is 1.35 bits per heavy atom. The molecule has 1 aromatic rings. The van der Waals surface area contributed by atoms with Crippen molar-refractivity contribution in [2.75, 3.05) is 18.5 Å². The van der Waals surface area contributed by atoms with Gasteiger partial charge in [-0.3, -0.25) is 4.79 Å². The van der Waals surface area contributed by atoms with Crippen molar-refractivity contribution in [3.8, 4) is 5.75 Å². The summed E-state index contributed by atoms with van der Waals surface area (Å²) in [6, 6.07) is 4.69. The van der Waals surface area contributed by atoms with Crippen molar-refractivity contribution < 1.29 is 24.5 Å². The summed E-state index contributed by atoms with van der Waals surface area (Å²) >= 11 is 0. The van der Waals surface area contributed by atoms with Gasteiger partial charge < -0.3 is 20.3 Å². The second-order valence-corrected chi connectivity index (χ2v) is 3.44. The summed E-state index contributed by atoms with van der Waals surface area (Å²) in [5.41, 5.74) is 1.13. The number of nitrogens with one attached hydrogen (secondary N) is 1. The van der Waals surface area contributed by atoms with E-state index in [0.717, 1.165) is 0 Å². The van der Waals surface area contributed by atoms with Gasteiger partial charge in [-0.1, -0.05) is 6.07 Å². The molecule has 0 spiro atoms. The minimum absolute atomic E-state index is 0.0780. The molecular weight excluding hydrogens is 226 g/mol. The molecule has 17 heavy (non-hydrogen) atoms. The van der Waals surface area contributed by atoms with Crippen molar-refractivity contribution in [2.24, 2.45) is 0 Å². The Morgan fingerprint density at radius 2 is 2.06 bits per heavy atom. The Balaban J connectivity index is 2.45. The van der Waals surface area contributed by atoms with E-state index in [9.17, 15) is 14.7 Å². The van der Waals surface area contributed by atoms with Gasteiger partial charge in [0, 0.05) is 11.8 Å². The quantitative estimate of drug-likeness (QED) is 0.704. The number of amides is 1. The van der Waals surface area contributed by atoms with Gasteiger partial charge in [0.15, 0.2) is 0 Å². The molecular formula is C11H13NO5. The molecule has 1 amide bonds. The highest BCUT2D eigenvalue weighted by Crippen LogP contribution is 2.20. The maximum Gasteiger partial charge on any atom is 0.329 e. The number of benzene rings is 1. The molecule has 1 rings (SSSR count). The minimum atomic E-state index is -1.13. The Morgan fingerprint density at radius 3 is 2.65 bits per heavy atom. The number of ether oxygens (including phenoxy) is 1. The minimum Gasteiger partial charge on any atom is -0.508 e. The average Bonchev–Trinajstić information content (AvgIpc) is 2.23. The van der Waals surface area contributed by atoms with Crippen molar-refractivity contribution >= 4 is 17.6 Å². The fourth-order valence-corrected chi connectivity index (χ4v) is 1.12. The molecule has 92 valence electrons. The molecule has 0 saturated carbocycles. The van der Waals surface area contributed by atoms with Gasteiger partial charge in [0.05, 0.1) is 0 Å². The molecule has 0 aliphatic carbocycles. The maximum absolute atomic E-state index is 11.3. The lowest BCUT2D eigenvalue weighted by atomic mass is 10.2. The van der Waals surface area contributed by atoms with E-state index >= 15 is 0 Å². The number of phenols is 1. The highest BCUT2D eigenvalue weighted by atomic mass is 16.5. The van der Waals surface area contributed by atoms with Gasteiger partial charge in [-0.2, -0.15) is 0 Å². The number of aliphatic carboxylic acids is 1. The van der Waals surface area contributed by atoms with E-state index in [-0.39, 0.29) is 12.4 Å². The molecule has 0 unspecified atom stereocenters. The third kappa shape index (κ3) is 4.52. The van der Waals surface area contributed by atoms with Crippen molar-refractivity contribution in [3.05, 3.63) is 23.8 Å². The summed E-state index contributed by atoms with van der Waals surface area (Å²) < 4.78 is 4.61. The standard InChI is InChI=1S/C11H13NO5/c1-7-2-3-8(4-9(7)13)12-10(14)5-17-6-11(15)16/h2-4,13H,5-6H2,1H3,(H,12,14)(H,15,16). The van der Waals surface area contributed by atoms with Crippen molar-refractivity contribution in [1.29, 1.82) is 0 Å². The fraction of sp³-hybridized carbons (Fsp3) is 0.273. The second-order valence-electron chi connectivity index (χ2n) is 3.44. The molecule has 0 atom stereocenters. The first-order chi connectivity index (χ1) is 7.99. The Labute approximate surface area is 97.8 Å². The van der Waals surface area contributed by atoms with Crippen LogP contribution in [0.25, 0.3) is 0 Å². The Kier molecular flexibility index (Phi) is 4.47. The molecule has 0 aliphatic rings. The highest BCUT2D eigenvalue weighted by molar-refractivity contribution is 5.92. The van der Waals surface area contributed by atoms with Gasteiger partial charge >= 0.3 is 5.97 Å². The van der Waals surface area contributed by atoms with E-state index in [1.807, 2.05) is 0 Å². The molecule has 0 aliphatic heterocycles. The molecule has 0 saturated heterocycles. The molecule has 6 nitrogen and oxygen atoms in total. The zero-order valence-electron chi connectivity index (χ0n) is 9.27. The second kappa shape index (κ2) is 5.86. The zero-order valence-corrected chi connectivity index (χ0v) is 9.27. The van der Waals surface area contributed by atoms with E-state index < -0.39 is 18.5 Å². The SMILES string of the molecule is Cc1ccc(NC(=O)COCC(=O)O)cc1O. The van der Waals surface area contributed by atoms with E-state index in [1.165, 1.54) is 6.07 Å². The molecule has 1 aromatic carbocycles. The van der Waals surface area contributed by atoms with Gasteiger partial charge in [0.25, 0.3) is 0 Å². The predicted molar refractivity (Wildman–Crippen MR) is 59.9 cm³/mol. The molecule has 0 radical (unpaired) electrons. The summed E-state index contributed by atoms with van der Waals surface area (Å²) in [5, 5.41) is 20.2. The summed E-state index contributed by atoms with van der Waals surface area (Å²) in [6.45, 7) is 0.865. The zero-order chi connectivity index (χ0) is 12.8. The number of aryl methyl sites for hydroxylation is 1. The van der Waals surface area contributed by atoms with Crippen molar-refractivity contribution in [3.63, 3.8) is 0 Å². The number of carbonyl (C=O) groups excluding carboxylic acids is 1. The lowest BCUT2D eigenvalue weighted by Gasteiger charge is -2.06. The molecule has 0 fully saturated rings. The first-order valence-corrected chi connectivity index (χ1v) is 4.88. The summed E-state index contributed by atoms with van der Waals surface area (Å²) in [5.74, 6) is -1.53. The van der Waals surface area contributed by atoms with E-state index in [1.54, 1.807) is 19.1 Å². The van der Waals surface area contributed by atoms with Crippen LogP contribution in [-0.2, 0) is 14.3 Å². The van der Waals surface area contributed by atoms with Crippen molar-refractivity contribution in [1.82, 2.24) is 0 Å². The van der Waals surface area contributed by atoms with Crippen LogP contribution in [-0.4, -0.2) is 35.3 Å². The number of phenolic OH excluding ortho intramolecular Hbond substituents is 1. The lowest BCUT2D eigenvalue weighted by Crippen LogP contribution is -2.20. The van der Waals surface area contributed by atoms with Gasteiger partial charge in [0.1, 0.15) is 19.0 Å². The van der Waals surface area contributed by atoms with Crippen molar-refractivity contribution in [2.45, 2.75) is 6.92 Å². The monoisotopic (exact) mass is 239 g/mol. The number of hydrogen-bond donors (Lipinski definition) is 3. The number of carboxylic acids is 1. The predicted octanol–water partition coefficient (Wildman–Crippen LogP) is 0.740. The number of anilines is 1. The Hall–Kier alpha value is -2.08. The first-order valence-electron chi connectivity index (χ1n) is 4.88. The van der Waals surface area contributed by atoms with Crippen LogP contribution >= 0.6 is 0 Å². The molecule has 0 aromatic heterocycles. The number of rotatable bonds is 5. The Bertz CT molecular complexity index is 430. The van der Waals surface area contributed by atoms with E-state index in [0.29, 0.717) is 11.3 Å². The highest BCUT2D eigenvalue weighted by Gasteiger charge is 2.05. The molecule has 0 bridgehead atoms. The maximum atomic E-state index is 11.3. The van der Waals surface area contributed by atoms with Gasteiger partial charge in [-0.05, 0) is 18.6 Å². The van der Waals surface area contributed by atoms with Crippen LogP contribution in [0.5, 0.6) is 5.75 Å². The van der Waals surface area contributed by atoms with Crippen LogP contribution in [0, 0.1) is 6.92 Å². The third-order valence-corrected chi connectivity index (χ3v) is 1.95. The molecule has 6 heteroatoms. The van der Waals surface area contributed by atoms with Crippen LogP contribution in [0.15, 0.2) is 18.2 Å². The van der Waals surface area contributed by atoms with Crippen LogP contribution in [0.2, 0.25) is 0 Å². The van der Waals surface area contributed by atoms with Crippen LogP contribution < -0.4 is 5.32 Å². The van der Waals surface area contributed by atoms with Gasteiger partial charge in [-0.15, -0.1) is 0 Å². The number of carbonyl (C=O) groups is 2.